The average molecular weight is 445 g/mol. The van der Waals surface area contributed by atoms with Crippen molar-refractivity contribution >= 4 is 21.8 Å². The Balaban J connectivity index is 1.71. The van der Waals surface area contributed by atoms with E-state index in [9.17, 15) is 8.42 Å². The molecule has 0 saturated carbocycles. The van der Waals surface area contributed by atoms with Crippen molar-refractivity contribution in [2.75, 3.05) is 17.4 Å². The van der Waals surface area contributed by atoms with Gasteiger partial charge in [-0.05, 0) is 62.7 Å². The summed E-state index contributed by atoms with van der Waals surface area (Å²) in [6.45, 7) is 3.92. The minimum Gasteiger partial charge on any atom is -0.291 e. The minimum absolute atomic E-state index is 0.0769. The third kappa shape index (κ3) is 3.76. The zero-order valence-corrected chi connectivity index (χ0v) is 19.1. The summed E-state index contributed by atoms with van der Waals surface area (Å²) in [4.78, 5) is 2.76. The molecule has 0 N–H and O–H groups in total. The van der Waals surface area contributed by atoms with Crippen LogP contribution in [0.3, 0.4) is 0 Å². The second-order valence-electron chi connectivity index (χ2n) is 8.62. The van der Waals surface area contributed by atoms with Gasteiger partial charge in [-0.3, -0.25) is 4.90 Å². The molecule has 1 atom stereocenters. The van der Waals surface area contributed by atoms with E-state index in [-0.39, 0.29) is 6.04 Å². The van der Waals surface area contributed by atoms with E-state index < -0.39 is 10.0 Å². The first-order chi connectivity index (χ1) is 15.6. The van der Waals surface area contributed by atoms with Gasteiger partial charge < -0.3 is 0 Å². The number of anilines is 1. The normalized spacial score (nSPS) is 20.5. The first-order valence-electron chi connectivity index (χ1n) is 11.3. The Morgan fingerprint density at radius 2 is 1.47 bits per heavy atom. The molecule has 0 radical (unpaired) electrons. The average Bonchev–Trinajstić information content (AvgIpc) is 3.15. The minimum atomic E-state index is -3.77. The zero-order chi connectivity index (χ0) is 22.1. The fourth-order valence-electron chi connectivity index (χ4n) is 4.81. The maximum Gasteiger partial charge on any atom is 0.268 e. The molecule has 1 fully saturated rings. The van der Waals surface area contributed by atoms with Crippen LogP contribution in [0.15, 0.2) is 89.5 Å². The summed E-state index contributed by atoms with van der Waals surface area (Å²) in [5, 5.41) is 0. The SMILES string of the molecule is Cc1ccc(S(=O)(=O)N2/C(=C/c3ccccc3)C(N3CCCCC3)c3ccccc32)cc1. The van der Waals surface area contributed by atoms with E-state index in [0.717, 1.165) is 54.0 Å². The summed E-state index contributed by atoms with van der Waals surface area (Å²) in [5.74, 6) is 0. The molecule has 1 unspecified atom stereocenters. The number of hydrogen-bond acceptors (Lipinski definition) is 3. The molecule has 2 aliphatic heterocycles. The van der Waals surface area contributed by atoms with Gasteiger partial charge >= 0.3 is 0 Å². The summed E-state index contributed by atoms with van der Waals surface area (Å²) < 4.78 is 29.6. The Morgan fingerprint density at radius 1 is 0.812 bits per heavy atom. The van der Waals surface area contributed by atoms with Gasteiger partial charge in [0, 0.05) is 5.56 Å². The lowest BCUT2D eigenvalue weighted by molar-refractivity contribution is 0.189. The Morgan fingerprint density at radius 3 is 2.19 bits per heavy atom. The third-order valence-corrected chi connectivity index (χ3v) is 8.15. The molecule has 5 heteroatoms. The highest BCUT2D eigenvalue weighted by Gasteiger charge is 2.43. The Kier molecular flexibility index (Phi) is 5.62. The van der Waals surface area contributed by atoms with Gasteiger partial charge in [-0.2, -0.15) is 0 Å². The smallest absolute Gasteiger partial charge is 0.268 e. The molecule has 3 aromatic carbocycles. The van der Waals surface area contributed by atoms with Crippen molar-refractivity contribution in [3.63, 3.8) is 0 Å². The molecular weight excluding hydrogens is 416 g/mol. The van der Waals surface area contributed by atoms with Crippen LogP contribution in [0.5, 0.6) is 0 Å². The van der Waals surface area contributed by atoms with Gasteiger partial charge in [-0.25, -0.2) is 12.7 Å². The Hall–Kier alpha value is -2.89. The van der Waals surface area contributed by atoms with Crippen molar-refractivity contribution in [2.24, 2.45) is 0 Å². The molecule has 0 spiro atoms. The summed E-state index contributed by atoms with van der Waals surface area (Å²) in [6.07, 6.45) is 5.56. The van der Waals surface area contributed by atoms with Gasteiger partial charge in [-0.1, -0.05) is 72.6 Å². The van der Waals surface area contributed by atoms with E-state index in [0.29, 0.717) is 4.90 Å². The second-order valence-corrected chi connectivity index (χ2v) is 10.4. The number of para-hydroxylation sites is 1. The van der Waals surface area contributed by atoms with E-state index in [4.69, 9.17) is 0 Å². The summed E-state index contributed by atoms with van der Waals surface area (Å²) in [7, 11) is -3.77. The molecule has 164 valence electrons. The highest BCUT2D eigenvalue weighted by atomic mass is 32.2. The molecule has 4 nitrogen and oxygen atoms in total. The van der Waals surface area contributed by atoms with Crippen LogP contribution in [0.4, 0.5) is 5.69 Å². The number of rotatable bonds is 4. The van der Waals surface area contributed by atoms with Crippen LogP contribution < -0.4 is 4.31 Å². The van der Waals surface area contributed by atoms with Gasteiger partial charge in [0.05, 0.1) is 22.3 Å². The van der Waals surface area contributed by atoms with Gasteiger partial charge in [0.25, 0.3) is 10.0 Å². The topological polar surface area (TPSA) is 40.6 Å². The van der Waals surface area contributed by atoms with Crippen molar-refractivity contribution in [2.45, 2.75) is 37.1 Å². The van der Waals surface area contributed by atoms with Gasteiger partial charge in [0.2, 0.25) is 0 Å². The van der Waals surface area contributed by atoms with Crippen molar-refractivity contribution in [1.82, 2.24) is 4.90 Å². The molecule has 2 heterocycles. The molecule has 5 rings (SSSR count). The number of piperidine rings is 1. The number of hydrogen-bond donors (Lipinski definition) is 0. The molecule has 0 bridgehead atoms. The van der Waals surface area contributed by atoms with Crippen LogP contribution in [0.1, 0.15) is 42.0 Å². The maximum atomic E-state index is 14.0. The second kappa shape index (κ2) is 8.57. The molecule has 32 heavy (non-hydrogen) atoms. The molecule has 0 aliphatic carbocycles. The first-order valence-corrected chi connectivity index (χ1v) is 12.7. The lowest BCUT2D eigenvalue weighted by atomic mass is 10.00. The van der Waals surface area contributed by atoms with Gasteiger partial charge in [0.1, 0.15) is 0 Å². The van der Waals surface area contributed by atoms with Crippen LogP contribution in [-0.4, -0.2) is 26.4 Å². The van der Waals surface area contributed by atoms with Crippen molar-refractivity contribution in [1.29, 1.82) is 0 Å². The summed E-state index contributed by atoms with van der Waals surface area (Å²) >= 11 is 0. The fraction of sp³-hybridized carbons (Fsp3) is 0.259. The predicted molar refractivity (Wildman–Crippen MR) is 130 cm³/mol. The molecule has 1 saturated heterocycles. The highest BCUT2D eigenvalue weighted by Crippen LogP contribution is 2.49. The first kappa shape index (κ1) is 21.0. The summed E-state index contributed by atoms with van der Waals surface area (Å²) in [5.41, 5.74) is 4.66. The van der Waals surface area contributed by atoms with E-state index in [2.05, 4.69) is 11.0 Å². The largest absolute Gasteiger partial charge is 0.291 e. The number of likely N-dealkylation sites (tertiary alicyclic amines) is 1. The quantitative estimate of drug-likeness (QED) is 0.513. The standard InChI is InChI=1S/C27H28N2O2S/c1-21-14-16-23(17-15-21)32(30,31)29-25-13-7-6-12-24(25)27(28-18-8-3-9-19-28)26(29)20-22-10-4-2-5-11-22/h2,4-7,10-17,20,27H,3,8-9,18-19H2,1H3/b26-20+. The van der Waals surface area contributed by atoms with Crippen molar-refractivity contribution in [3.05, 3.63) is 101 Å². The fourth-order valence-corrected chi connectivity index (χ4v) is 6.36. The van der Waals surface area contributed by atoms with E-state index in [1.807, 2.05) is 73.7 Å². The third-order valence-electron chi connectivity index (χ3n) is 6.39. The van der Waals surface area contributed by atoms with E-state index >= 15 is 0 Å². The van der Waals surface area contributed by atoms with Crippen LogP contribution >= 0.6 is 0 Å². The predicted octanol–water partition coefficient (Wildman–Crippen LogP) is 5.77. The van der Waals surface area contributed by atoms with E-state index in [1.54, 1.807) is 16.4 Å². The van der Waals surface area contributed by atoms with Crippen molar-refractivity contribution in [3.8, 4) is 0 Å². The van der Waals surface area contributed by atoms with Gasteiger partial charge in [0.15, 0.2) is 0 Å². The number of aryl methyl sites for hydroxylation is 1. The lowest BCUT2D eigenvalue weighted by Crippen LogP contribution is -2.36. The van der Waals surface area contributed by atoms with E-state index in [1.165, 1.54) is 6.42 Å². The maximum absolute atomic E-state index is 14.0. The van der Waals surface area contributed by atoms with Crippen LogP contribution in [-0.2, 0) is 10.0 Å². The monoisotopic (exact) mass is 444 g/mol. The van der Waals surface area contributed by atoms with Crippen LogP contribution in [0.2, 0.25) is 0 Å². The Labute approximate surface area is 190 Å². The molecular formula is C27H28N2O2S. The molecule has 0 amide bonds. The van der Waals surface area contributed by atoms with Gasteiger partial charge in [-0.15, -0.1) is 0 Å². The number of nitrogens with zero attached hydrogens (tertiary/aromatic N) is 2. The number of fused-ring (bicyclic) bond motifs is 1. The van der Waals surface area contributed by atoms with Crippen LogP contribution in [0.25, 0.3) is 6.08 Å². The van der Waals surface area contributed by atoms with Crippen molar-refractivity contribution < 1.29 is 8.42 Å². The number of sulfonamides is 1. The van der Waals surface area contributed by atoms with Crippen LogP contribution in [0, 0.1) is 6.92 Å². The molecule has 3 aromatic rings. The Bertz CT molecular complexity index is 1230. The summed E-state index contributed by atoms with van der Waals surface area (Å²) in [6, 6.07) is 25.0. The molecule has 0 aromatic heterocycles. The number of benzene rings is 3. The molecule has 2 aliphatic rings. The lowest BCUT2D eigenvalue weighted by Gasteiger charge is -2.34. The zero-order valence-electron chi connectivity index (χ0n) is 18.3. The highest BCUT2D eigenvalue weighted by molar-refractivity contribution is 7.93.